The third-order valence-corrected chi connectivity index (χ3v) is 2.91. The Bertz CT molecular complexity index is 549. The van der Waals surface area contributed by atoms with Gasteiger partial charge in [-0.3, -0.25) is 9.59 Å². The molecule has 0 aliphatic carbocycles. The molecule has 0 aliphatic rings. The number of benzene rings is 1. The number of carboxylic acid groups (broad SMARTS) is 1. The van der Waals surface area contributed by atoms with Crippen LogP contribution in [0.25, 0.3) is 0 Å². The monoisotopic (exact) mass is 321 g/mol. The molecule has 0 atom stereocenters. The minimum atomic E-state index is -3.09. The number of hydrogen-bond acceptors (Lipinski definition) is 3. The average molecular weight is 322 g/mol. The van der Waals surface area contributed by atoms with Gasteiger partial charge in [0.15, 0.2) is 0 Å². The third kappa shape index (κ3) is 4.86. The number of rotatable bonds is 6. The van der Waals surface area contributed by atoms with Crippen LogP contribution in [-0.4, -0.2) is 30.1 Å². The molecule has 0 aliphatic heterocycles. The molecule has 21 heavy (non-hydrogen) atoms. The Hall–Kier alpha value is -1.89. The number of hydrogen-bond donors (Lipinski definition) is 2. The molecule has 116 valence electrons. The van der Waals surface area contributed by atoms with Gasteiger partial charge >= 0.3 is 12.6 Å². The van der Waals surface area contributed by atoms with Gasteiger partial charge in [-0.1, -0.05) is 11.6 Å². The van der Waals surface area contributed by atoms with Gasteiger partial charge in [-0.2, -0.15) is 8.78 Å². The maximum absolute atomic E-state index is 12.3. The number of amides is 1. The molecule has 8 heteroatoms. The van der Waals surface area contributed by atoms with Crippen LogP contribution in [0.15, 0.2) is 18.2 Å². The summed E-state index contributed by atoms with van der Waals surface area (Å²) in [4.78, 5) is 22.9. The zero-order valence-corrected chi connectivity index (χ0v) is 12.1. The van der Waals surface area contributed by atoms with Gasteiger partial charge < -0.3 is 15.2 Å². The highest BCUT2D eigenvalue weighted by molar-refractivity contribution is 6.31. The van der Waals surface area contributed by atoms with Gasteiger partial charge in [0.05, 0.1) is 11.0 Å². The van der Waals surface area contributed by atoms with Crippen molar-refractivity contribution in [3.63, 3.8) is 0 Å². The Balaban J connectivity index is 2.91. The maximum atomic E-state index is 12.3. The van der Waals surface area contributed by atoms with Crippen LogP contribution >= 0.6 is 11.6 Å². The predicted molar refractivity (Wildman–Crippen MR) is 71.8 cm³/mol. The predicted octanol–water partition coefficient (Wildman–Crippen LogP) is 2.78. The maximum Gasteiger partial charge on any atom is 0.387 e. The van der Waals surface area contributed by atoms with Crippen LogP contribution in [0.4, 0.5) is 8.78 Å². The van der Waals surface area contributed by atoms with Crippen LogP contribution in [0.1, 0.15) is 24.2 Å². The molecule has 0 unspecified atom stereocenters. The van der Waals surface area contributed by atoms with Gasteiger partial charge in [0, 0.05) is 11.6 Å². The van der Waals surface area contributed by atoms with Gasteiger partial charge in [0.25, 0.3) is 5.91 Å². The number of carbonyl (C=O) groups excluding carboxylic acids is 1. The minimum Gasteiger partial charge on any atom is -0.481 e. The number of ether oxygens (including phenoxy) is 1. The highest BCUT2D eigenvalue weighted by Gasteiger charge is 2.28. The quantitative estimate of drug-likeness (QED) is 0.844. The summed E-state index contributed by atoms with van der Waals surface area (Å²) in [5.74, 6) is -2.18. The van der Waals surface area contributed by atoms with E-state index in [9.17, 15) is 18.4 Å². The molecule has 0 heterocycles. The molecule has 0 fully saturated rings. The smallest absolute Gasteiger partial charge is 0.387 e. The Morgan fingerprint density at radius 3 is 2.57 bits per heavy atom. The van der Waals surface area contributed by atoms with E-state index in [0.29, 0.717) is 0 Å². The molecule has 0 saturated carbocycles. The van der Waals surface area contributed by atoms with Crippen LogP contribution in [0.5, 0.6) is 5.75 Å². The van der Waals surface area contributed by atoms with Gasteiger partial charge in [-0.25, -0.2) is 0 Å². The summed E-state index contributed by atoms with van der Waals surface area (Å²) >= 11 is 5.72. The topological polar surface area (TPSA) is 75.6 Å². The molecule has 1 rings (SSSR count). The lowest BCUT2D eigenvalue weighted by Gasteiger charge is -2.20. The third-order valence-electron chi connectivity index (χ3n) is 2.67. The van der Waals surface area contributed by atoms with Crippen LogP contribution in [0.2, 0.25) is 5.02 Å². The van der Waals surface area contributed by atoms with E-state index in [1.807, 2.05) is 0 Å². The van der Waals surface area contributed by atoms with Crippen LogP contribution < -0.4 is 10.1 Å². The highest BCUT2D eigenvalue weighted by atomic mass is 35.5. The molecule has 5 nitrogen and oxygen atoms in total. The Labute approximate surface area is 124 Å². The van der Waals surface area contributed by atoms with E-state index < -0.39 is 23.9 Å². The van der Waals surface area contributed by atoms with E-state index in [1.54, 1.807) is 0 Å². The Morgan fingerprint density at radius 1 is 1.43 bits per heavy atom. The van der Waals surface area contributed by atoms with E-state index >= 15 is 0 Å². The summed E-state index contributed by atoms with van der Waals surface area (Å²) in [5, 5.41) is 11.5. The van der Waals surface area contributed by atoms with E-state index in [1.165, 1.54) is 26.0 Å². The van der Waals surface area contributed by atoms with Crippen LogP contribution in [0, 0.1) is 5.41 Å². The van der Waals surface area contributed by atoms with Crippen molar-refractivity contribution in [2.24, 2.45) is 5.41 Å². The van der Waals surface area contributed by atoms with Crippen molar-refractivity contribution >= 4 is 23.5 Å². The minimum absolute atomic E-state index is 0.166. The van der Waals surface area contributed by atoms with Crippen molar-refractivity contribution in [2.75, 3.05) is 6.54 Å². The Kier molecular flexibility index (Phi) is 5.48. The van der Waals surface area contributed by atoms with E-state index in [-0.39, 0.29) is 22.9 Å². The lowest BCUT2D eigenvalue weighted by molar-refractivity contribution is -0.146. The number of halogens is 3. The molecular formula is C13H14ClF2NO4. The van der Waals surface area contributed by atoms with Crippen molar-refractivity contribution in [1.29, 1.82) is 0 Å². The normalized spacial score (nSPS) is 11.3. The van der Waals surface area contributed by atoms with Gasteiger partial charge in [-0.15, -0.1) is 0 Å². The fraction of sp³-hybridized carbons (Fsp3) is 0.385. The van der Waals surface area contributed by atoms with E-state index in [0.717, 1.165) is 6.07 Å². The summed E-state index contributed by atoms with van der Waals surface area (Å²) in [6.07, 6.45) is 0. The summed E-state index contributed by atoms with van der Waals surface area (Å²) in [7, 11) is 0. The lowest BCUT2D eigenvalue weighted by Crippen LogP contribution is -2.39. The summed E-state index contributed by atoms with van der Waals surface area (Å²) in [5.41, 5.74) is -1.39. The van der Waals surface area contributed by atoms with Crippen molar-refractivity contribution in [1.82, 2.24) is 5.32 Å². The second-order valence-corrected chi connectivity index (χ2v) is 5.33. The molecule has 0 bridgehead atoms. The van der Waals surface area contributed by atoms with Crippen molar-refractivity contribution in [3.8, 4) is 5.75 Å². The van der Waals surface area contributed by atoms with E-state index in [2.05, 4.69) is 10.1 Å². The lowest BCUT2D eigenvalue weighted by atomic mass is 9.94. The average Bonchev–Trinajstić information content (AvgIpc) is 2.37. The van der Waals surface area contributed by atoms with Gasteiger partial charge in [-0.05, 0) is 32.0 Å². The summed E-state index contributed by atoms with van der Waals surface area (Å²) in [6.45, 7) is -0.427. The summed E-state index contributed by atoms with van der Waals surface area (Å²) in [6, 6.07) is 3.62. The number of aliphatic carboxylic acids is 1. The summed E-state index contributed by atoms with van der Waals surface area (Å²) < 4.78 is 28.8. The standard InChI is InChI=1S/C13H14ClF2NO4/c1-13(2,11(19)20)6-17-10(18)8-5-7(14)3-4-9(8)21-12(15)16/h3-5,12H,6H2,1-2H3,(H,17,18)(H,19,20). The highest BCUT2D eigenvalue weighted by Crippen LogP contribution is 2.25. The molecule has 2 N–H and O–H groups in total. The Morgan fingerprint density at radius 2 is 2.05 bits per heavy atom. The number of nitrogens with one attached hydrogen (secondary N) is 1. The molecule has 0 radical (unpaired) electrons. The first kappa shape index (κ1) is 17.2. The SMILES string of the molecule is CC(C)(CNC(=O)c1cc(Cl)ccc1OC(F)F)C(=O)O. The largest absolute Gasteiger partial charge is 0.481 e. The van der Waals surface area contributed by atoms with Gasteiger partial charge in [0.1, 0.15) is 5.75 Å². The van der Waals surface area contributed by atoms with Crippen molar-refractivity contribution < 1.29 is 28.2 Å². The molecular weight excluding hydrogens is 308 g/mol. The molecule has 0 spiro atoms. The first-order valence-electron chi connectivity index (χ1n) is 5.89. The molecule has 1 aromatic carbocycles. The van der Waals surface area contributed by atoms with Crippen molar-refractivity contribution in [3.05, 3.63) is 28.8 Å². The van der Waals surface area contributed by atoms with Crippen LogP contribution in [0.3, 0.4) is 0 Å². The zero-order valence-electron chi connectivity index (χ0n) is 11.3. The fourth-order valence-electron chi connectivity index (χ4n) is 1.35. The van der Waals surface area contributed by atoms with Crippen molar-refractivity contribution in [2.45, 2.75) is 20.5 Å². The second kappa shape index (κ2) is 6.71. The molecule has 1 amide bonds. The van der Waals surface area contributed by atoms with Gasteiger partial charge in [0.2, 0.25) is 0 Å². The first-order chi connectivity index (χ1) is 9.63. The second-order valence-electron chi connectivity index (χ2n) is 4.89. The zero-order chi connectivity index (χ0) is 16.2. The molecule has 0 aromatic heterocycles. The first-order valence-corrected chi connectivity index (χ1v) is 6.27. The molecule has 1 aromatic rings. The fourth-order valence-corrected chi connectivity index (χ4v) is 1.52. The number of carboxylic acids is 1. The number of alkyl halides is 2. The van der Waals surface area contributed by atoms with Crippen LogP contribution in [-0.2, 0) is 4.79 Å². The number of carbonyl (C=O) groups is 2. The molecule has 0 saturated heterocycles. The van der Waals surface area contributed by atoms with E-state index in [4.69, 9.17) is 16.7 Å².